The molecule has 2 aromatic heterocycles. The monoisotopic (exact) mass is 489 g/mol. The van der Waals surface area contributed by atoms with Gasteiger partial charge in [0, 0.05) is 23.2 Å². The first kappa shape index (κ1) is 22.4. The zero-order chi connectivity index (χ0) is 23.8. The van der Waals surface area contributed by atoms with Crippen LogP contribution < -0.4 is 4.74 Å². The van der Waals surface area contributed by atoms with Gasteiger partial charge in [-0.25, -0.2) is 4.68 Å². The van der Waals surface area contributed by atoms with Crippen LogP contribution in [0.3, 0.4) is 0 Å². The van der Waals surface area contributed by atoms with Gasteiger partial charge in [0.2, 0.25) is 0 Å². The molecule has 8 heteroatoms. The van der Waals surface area contributed by atoms with Crippen molar-refractivity contribution >= 4 is 51.3 Å². The molecule has 4 aromatic rings. The molecule has 0 saturated carbocycles. The van der Waals surface area contributed by atoms with Crippen molar-refractivity contribution in [2.75, 3.05) is 7.11 Å². The van der Waals surface area contributed by atoms with Gasteiger partial charge in [0.05, 0.1) is 17.7 Å². The van der Waals surface area contributed by atoms with Crippen molar-refractivity contribution in [1.82, 2.24) is 14.7 Å². The van der Waals surface area contributed by atoms with Crippen molar-refractivity contribution in [1.29, 1.82) is 0 Å². The summed E-state index contributed by atoms with van der Waals surface area (Å²) in [4.78, 5) is 15.4. The second kappa shape index (κ2) is 9.12. The van der Waals surface area contributed by atoms with Crippen LogP contribution in [0.2, 0.25) is 0 Å². The first-order chi connectivity index (χ1) is 16.5. The minimum absolute atomic E-state index is 0.0488. The summed E-state index contributed by atoms with van der Waals surface area (Å²) < 4.78 is 14.0. The molecule has 3 heterocycles. The fourth-order valence-electron chi connectivity index (χ4n) is 3.89. The molecule has 1 saturated heterocycles. The summed E-state index contributed by atoms with van der Waals surface area (Å²) in [6.07, 6.45) is 4.59. The van der Waals surface area contributed by atoms with Gasteiger partial charge >= 0.3 is 0 Å². The number of nitrogens with zero attached hydrogens (tertiary/aromatic N) is 3. The Bertz CT molecular complexity index is 1420. The Morgan fingerprint density at radius 2 is 2.00 bits per heavy atom. The van der Waals surface area contributed by atoms with Crippen LogP contribution in [0.1, 0.15) is 25.8 Å². The van der Waals surface area contributed by atoms with Crippen LogP contribution in [0.5, 0.6) is 5.75 Å². The number of para-hydroxylation sites is 2. The van der Waals surface area contributed by atoms with Gasteiger partial charge in [-0.1, -0.05) is 61.2 Å². The minimum atomic E-state index is -0.0750. The molecule has 172 valence electrons. The van der Waals surface area contributed by atoms with E-state index in [1.807, 2.05) is 80.7 Å². The van der Waals surface area contributed by atoms with Gasteiger partial charge in [-0.3, -0.25) is 9.69 Å². The molecule has 5 rings (SSSR count). The van der Waals surface area contributed by atoms with Gasteiger partial charge in [0.25, 0.3) is 5.91 Å². The topological polar surface area (TPSA) is 60.5 Å². The molecule has 1 amide bonds. The minimum Gasteiger partial charge on any atom is -0.493 e. The van der Waals surface area contributed by atoms with Crippen LogP contribution >= 0.6 is 24.0 Å². The zero-order valence-electron chi connectivity index (χ0n) is 19.0. The molecule has 1 unspecified atom stereocenters. The zero-order valence-corrected chi connectivity index (χ0v) is 20.7. The molecule has 0 aliphatic carbocycles. The number of methoxy groups -OCH3 is 1. The maximum atomic E-state index is 13.2. The quantitative estimate of drug-likeness (QED) is 0.234. The van der Waals surface area contributed by atoms with Crippen molar-refractivity contribution in [3.8, 4) is 22.9 Å². The van der Waals surface area contributed by atoms with E-state index in [0.717, 1.165) is 23.1 Å². The number of rotatable bonds is 6. The molecule has 1 aliphatic heterocycles. The Hall–Kier alpha value is -3.36. The first-order valence-corrected chi connectivity index (χ1v) is 12.2. The van der Waals surface area contributed by atoms with Gasteiger partial charge in [-0.15, -0.1) is 0 Å². The summed E-state index contributed by atoms with van der Waals surface area (Å²) >= 11 is 6.83. The normalized spacial score (nSPS) is 16.1. The van der Waals surface area contributed by atoms with E-state index in [-0.39, 0.29) is 11.9 Å². The van der Waals surface area contributed by atoms with Crippen molar-refractivity contribution < 1.29 is 13.9 Å². The van der Waals surface area contributed by atoms with Crippen molar-refractivity contribution in [2.45, 2.75) is 26.3 Å². The number of hydrogen-bond acceptors (Lipinski definition) is 6. The maximum absolute atomic E-state index is 13.2. The predicted molar refractivity (Wildman–Crippen MR) is 140 cm³/mol. The van der Waals surface area contributed by atoms with Gasteiger partial charge in [0.1, 0.15) is 10.0 Å². The third-order valence-electron chi connectivity index (χ3n) is 5.87. The Morgan fingerprint density at radius 3 is 2.74 bits per heavy atom. The highest BCUT2D eigenvalue weighted by Crippen LogP contribution is 2.38. The third kappa shape index (κ3) is 3.93. The lowest BCUT2D eigenvalue weighted by Crippen LogP contribution is -2.36. The highest BCUT2D eigenvalue weighted by Gasteiger charge is 2.35. The van der Waals surface area contributed by atoms with Crippen molar-refractivity contribution in [3.05, 3.63) is 71.3 Å². The largest absolute Gasteiger partial charge is 0.493 e. The summed E-state index contributed by atoms with van der Waals surface area (Å²) in [5, 5.41) is 5.74. The van der Waals surface area contributed by atoms with Gasteiger partial charge in [0.15, 0.2) is 17.1 Å². The van der Waals surface area contributed by atoms with E-state index in [4.69, 9.17) is 26.5 Å². The summed E-state index contributed by atoms with van der Waals surface area (Å²) in [5.74, 6) is 1.18. The number of aromatic nitrogens is 2. The second-order valence-corrected chi connectivity index (χ2v) is 9.69. The number of thioether (sulfide) groups is 1. The summed E-state index contributed by atoms with van der Waals surface area (Å²) in [7, 11) is 1.62. The third-order valence-corrected chi connectivity index (χ3v) is 7.20. The molecule has 34 heavy (non-hydrogen) atoms. The van der Waals surface area contributed by atoms with E-state index in [9.17, 15) is 4.79 Å². The predicted octanol–water partition coefficient (Wildman–Crippen LogP) is 6.29. The Labute approximate surface area is 207 Å². The molecule has 2 aromatic carbocycles. The standard InChI is InChI=1S/C26H23N3O3S2/c1-4-16(2)29-25(30)22(34-26(29)33)14-18-15-28(19-10-6-5-7-11-19)27-23(18)21-13-17-9-8-12-20(31-3)24(17)32-21/h5-16H,4H2,1-3H3/b22-14-. The van der Waals surface area contributed by atoms with Gasteiger partial charge in [-0.05, 0) is 43.7 Å². The average Bonchev–Trinajstić information content (AvgIpc) is 3.54. The van der Waals surface area contributed by atoms with Crippen LogP contribution in [0.25, 0.3) is 34.2 Å². The lowest BCUT2D eigenvalue weighted by Gasteiger charge is -2.21. The van der Waals surface area contributed by atoms with Crippen molar-refractivity contribution in [3.63, 3.8) is 0 Å². The van der Waals surface area contributed by atoms with E-state index in [2.05, 4.69) is 0 Å². The lowest BCUT2D eigenvalue weighted by molar-refractivity contribution is -0.123. The van der Waals surface area contributed by atoms with Crippen LogP contribution in [0, 0.1) is 0 Å². The molecule has 1 atom stereocenters. The Balaban J connectivity index is 1.64. The second-order valence-electron chi connectivity index (χ2n) is 8.01. The molecule has 0 spiro atoms. The highest BCUT2D eigenvalue weighted by atomic mass is 32.2. The van der Waals surface area contributed by atoms with Gasteiger partial charge < -0.3 is 9.15 Å². The SMILES string of the molecule is CCC(C)N1C(=O)/C(=C/c2cn(-c3ccccc3)nc2-c2cc3cccc(OC)c3o2)SC1=S. The smallest absolute Gasteiger partial charge is 0.266 e. The van der Waals surface area contributed by atoms with Crippen LogP contribution in [0.15, 0.2) is 70.1 Å². The average molecular weight is 490 g/mol. The summed E-state index contributed by atoms with van der Waals surface area (Å²) in [6.45, 7) is 4.05. The number of ether oxygens (including phenoxy) is 1. The highest BCUT2D eigenvalue weighted by molar-refractivity contribution is 8.26. The Morgan fingerprint density at radius 1 is 1.21 bits per heavy atom. The molecule has 0 radical (unpaired) electrons. The van der Waals surface area contributed by atoms with E-state index in [1.54, 1.807) is 16.7 Å². The molecule has 0 bridgehead atoms. The number of hydrogen-bond donors (Lipinski definition) is 0. The maximum Gasteiger partial charge on any atom is 0.266 e. The van der Waals surface area contributed by atoms with E-state index < -0.39 is 0 Å². The Kier molecular flexibility index (Phi) is 6.02. The molecule has 6 nitrogen and oxygen atoms in total. The number of thiocarbonyl (C=S) groups is 1. The fraction of sp³-hybridized carbons (Fsp3) is 0.192. The molecular formula is C26H23N3O3S2. The number of amides is 1. The summed E-state index contributed by atoms with van der Waals surface area (Å²) in [6, 6.07) is 17.6. The van der Waals surface area contributed by atoms with E-state index in [0.29, 0.717) is 32.0 Å². The fourth-order valence-corrected chi connectivity index (χ4v) is 5.35. The molecular weight excluding hydrogens is 466 g/mol. The number of fused-ring (bicyclic) bond motifs is 1. The number of furan rings is 1. The number of carbonyl (C=O) groups is 1. The van der Waals surface area contributed by atoms with Crippen LogP contribution in [-0.2, 0) is 4.79 Å². The molecule has 0 N–H and O–H groups in total. The lowest BCUT2D eigenvalue weighted by atomic mass is 10.1. The van der Waals surface area contributed by atoms with Crippen molar-refractivity contribution in [2.24, 2.45) is 0 Å². The van der Waals surface area contributed by atoms with Crippen LogP contribution in [-0.4, -0.2) is 38.1 Å². The summed E-state index contributed by atoms with van der Waals surface area (Å²) in [5.41, 5.74) is 2.97. The van der Waals surface area contributed by atoms with Crippen LogP contribution in [0.4, 0.5) is 0 Å². The van der Waals surface area contributed by atoms with Gasteiger partial charge in [-0.2, -0.15) is 5.10 Å². The first-order valence-electron chi connectivity index (χ1n) is 11.0. The molecule has 1 fully saturated rings. The number of benzene rings is 2. The number of carbonyl (C=O) groups excluding carboxylic acids is 1. The van der Waals surface area contributed by atoms with E-state index >= 15 is 0 Å². The van der Waals surface area contributed by atoms with E-state index in [1.165, 1.54) is 11.8 Å². The molecule has 1 aliphatic rings.